The molecule has 1 aromatic heterocycles. The first-order valence-electron chi connectivity index (χ1n) is 12.9. The van der Waals surface area contributed by atoms with Crippen LogP contribution in [0.2, 0.25) is 0 Å². The van der Waals surface area contributed by atoms with Crippen molar-refractivity contribution in [1.29, 1.82) is 0 Å². The van der Waals surface area contributed by atoms with Crippen LogP contribution < -0.4 is 21.3 Å². The van der Waals surface area contributed by atoms with Gasteiger partial charge in [0, 0.05) is 24.3 Å². The van der Waals surface area contributed by atoms with Crippen molar-refractivity contribution < 1.29 is 19.1 Å². The fourth-order valence-corrected chi connectivity index (χ4v) is 4.65. The van der Waals surface area contributed by atoms with Gasteiger partial charge in [-0.25, -0.2) is 9.78 Å². The number of carbonyl (C=O) groups excluding carboxylic acids is 3. The summed E-state index contributed by atoms with van der Waals surface area (Å²) in [6.45, 7) is 7.18. The quantitative estimate of drug-likeness (QED) is 0.359. The summed E-state index contributed by atoms with van der Waals surface area (Å²) in [5, 5.41) is 5.93. The van der Waals surface area contributed by atoms with Crippen LogP contribution in [-0.2, 0) is 9.53 Å². The lowest BCUT2D eigenvalue weighted by Gasteiger charge is -2.32. The summed E-state index contributed by atoms with van der Waals surface area (Å²) < 4.78 is 5.06. The minimum atomic E-state index is -0.559. The molecule has 1 saturated heterocycles. The second-order valence-electron chi connectivity index (χ2n) is 10.9. The smallest absolute Gasteiger partial charge is 0.339 e. The van der Waals surface area contributed by atoms with Crippen LogP contribution in [0.25, 0.3) is 11.0 Å². The molecule has 2 amide bonds. The summed E-state index contributed by atoms with van der Waals surface area (Å²) in [4.78, 5) is 48.4. The average Bonchev–Trinajstić information content (AvgIpc) is 3.08. The van der Waals surface area contributed by atoms with Gasteiger partial charge in [0.2, 0.25) is 5.91 Å². The Bertz CT molecular complexity index is 1340. The van der Waals surface area contributed by atoms with E-state index >= 15 is 0 Å². The van der Waals surface area contributed by atoms with Crippen molar-refractivity contribution in [3.05, 3.63) is 47.5 Å². The first-order valence-corrected chi connectivity index (χ1v) is 12.9. The van der Waals surface area contributed by atoms with Crippen LogP contribution in [0, 0.1) is 5.41 Å². The van der Waals surface area contributed by atoms with Gasteiger partial charge in [-0.3, -0.25) is 9.59 Å². The Morgan fingerprint density at radius 1 is 1.13 bits per heavy atom. The molecule has 0 saturated carbocycles. The maximum absolute atomic E-state index is 13.6. The van der Waals surface area contributed by atoms with Crippen molar-refractivity contribution in [3.8, 4) is 0 Å². The Labute approximate surface area is 222 Å². The predicted octanol–water partition coefficient (Wildman–Crippen LogP) is 4.10. The largest absolute Gasteiger partial charge is 0.465 e. The highest BCUT2D eigenvalue weighted by Gasteiger charge is 2.31. The molecule has 0 radical (unpaired) electrons. The third-order valence-electron chi connectivity index (χ3n) is 6.58. The predicted molar refractivity (Wildman–Crippen MR) is 148 cm³/mol. The molecule has 3 aromatic rings. The van der Waals surface area contributed by atoms with Gasteiger partial charge >= 0.3 is 5.97 Å². The molecule has 0 bridgehead atoms. The third-order valence-corrected chi connectivity index (χ3v) is 6.58. The molecule has 2 heterocycles. The fraction of sp³-hybridized carbons (Fsp3) is 0.429. The zero-order valence-electron chi connectivity index (χ0n) is 22.4. The van der Waals surface area contributed by atoms with E-state index in [0.717, 1.165) is 24.8 Å². The molecule has 4 rings (SSSR count). The number of H-pyrrole nitrogens is 1. The lowest BCUT2D eigenvalue weighted by molar-refractivity contribution is -0.117. The van der Waals surface area contributed by atoms with E-state index in [4.69, 9.17) is 10.5 Å². The fourth-order valence-electron chi connectivity index (χ4n) is 4.65. The number of fused-ring (bicyclic) bond motifs is 1. The minimum absolute atomic E-state index is 0.0814. The highest BCUT2D eigenvalue weighted by molar-refractivity contribution is 6.03. The average molecular weight is 521 g/mol. The van der Waals surface area contributed by atoms with E-state index in [-0.39, 0.29) is 22.8 Å². The molecule has 10 nitrogen and oxygen atoms in total. The standard InChI is InChI=1S/C28H36N6O4/c1-28(2,3)16-30-24(35)17-9-12-22(19(14-17)26(37)38-4)34-13-7-5-6-8-23(34)25(36)31-18-10-11-20-21(15-18)33-27(29)32-20/h9-12,14-15,23H,5-8,13,16H2,1-4H3,(H,30,35)(H,31,36)(H3,29,32,33)/t23-/m1/s1. The van der Waals surface area contributed by atoms with E-state index in [2.05, 4.69) is 20.6 Å². The van der Waals surface area contributed by atoms with Gasteiger partial charge in [0.05, 0.1) is 29.4 Å². The van der Waals surface area contributed by atoms with Crippen LogP contribution in [-0.4, -0.2) is 54.0 Å². The Balaban J connectivity index is 1.63. The molecule has 0 spiro atoms. The van der Waals surface area contributed by atoms with E-state index in [1.807, 2.05) is 25.7 Å². The number of hydrogen-bond donors (Lipinski definition) is 4. The monoisotopic (exact) mass is 520 g/mol. The van der Waals surface area contributed by atoms with E-state index < -0.39 is 12.0 Å². The third kappa shape index (κ3) is 6.24. The highest BCUT2D eigenvalue weighted by Crippen LogP contribution is 2.30. The Hall–Kier alpha value is -4.08. The number of nitrogens with zero attached hydrogens (tertiary/aromatic N) is 2. The van der Waals surface area contributed by atoms with Crippen molar-refractivity contribution in [2.24, 2.45) is 5.41 Å². The number of hydrogen-bond acceptors (Lipinski definition) is 7. The second kappa shape index (κ2) is 11.1. The Morgan fingerprint density at radius 3 is 2.66 bits per heavy atom. The summed E-state index contributed by atoms with van der Waals surface area (Å²) in [6, 6.07) is 9.84. The summed E-state index contributed by atoms with van der Waals surface area (Å²) in [5.41, 5.74) is 8.92. The molecule has 5 N–H and O–H groups in total. The molecule has 0 aliphatic carbocycles. The number of esters is 1. The number of methoxy groups -OCH3 is 1. The molecule has 1 fully saturated rings. The first kappa shape index (κ1) is 27.0. The second-order valence-corrected chi connectivity index (χ2v) is 10.9. The lowest BCUT2D eigenvalue weighted by atomic mass is 9.96. The summed E-state index contributed by atoms with van der Waals surface area (Å²) in [6.07, 6.45) is 3.35. The van der Waals surface area contributed by atoms with Crippen molar-refractivity contribution >= 4 is 46.1 Å². The number of aromatic nitrogens is 2. The van der Waals surface area contributed by atoms with E-state index in [0.29, 0.717) is 47.9 Å². The van der Waals surface area contributed by atoms with Gasteiger partial charge in [-0.1, -0.05) is 33.6 Å². The number of ether oxygens (including phenoxy) is 1. The molecule has 1 atom stereocenters. The number of amides is 2. The molecular formula is C28H36N6O4. The maximum Gasteiger partial charge on any atom is 0.339 e. The van der Waals surface area contributed by atoms with Crippen molar-refractivity contribution in [1.82, 2.24) is 15.3 Å². The number of nitrogens with two attached hydrogens (primary N) is 1. The molecule has 10 heteroatoms. The van der Waals surface area contributed by atoms with Crippen molar-refractivity contribution in [2.75, 3.05) is 36.1 Å². The summed E-state index contributed by atoms with van der Waals surface area (Å²) >= 11 is 0. The van der Waals surface area contributed by atoms with Crippen molar-refractivity contribution in [3.63, 3.8) is 0 Å². The molecule has 202 valence electrons. The number of benzene rings is 2. The zero-order chi connectivity index (χ0) is 27.4. The van der Waals surface area contributed by atoms with E-state index in [9.17, 15) is 14.4 Å². The maximum atomic E-state index is 13.6. The first-order chi connectivity index (χ1) is 18.1. The minimum Gasteiger partial charge on any atom is -0.465 e. The number of rotatable bonds is 6. The van der Waals surface area contributed by atoms with Crippen LogP contribution in [0.4, 0.5) is 17.3 Å². The number of imidazole rings is 1. The normalized spacial score (nSPS) is 16.1. The molecule has 1 aliphatic heterocycles. The van der Waals surface area contributed by atoms with Gasteiger partial charge in [0.15, 0.2) is 5.95 Å². The van der Waals surface area contributed by atoms with E-state index in [1.165, 1.54) is 7.11 Å². The highest BCUT2D eigenvalue weighted by atomic mass is 16.5. The van der Waals surface area contributed by atoms with Crippen LogP contribution in [0.3, 0.4) is 0 Å². The number of carbonyl (C=O) groups is 3. The summed E-state index contributed by atoms with van der Waals surface area (Å²) in [5.74, 6) is -0.696. The van der Waals surface area contributed by atoms with Gasteiger partial charge in [-0.15, -0.1) is 0 Å². The van der Waals surface area contributed by atoms with Crippen LogP contribution >= 0.6 is 0 Å². The van der Waals surface area contributed by atoms with Crippen LogP contribution in [0.5, 0.6) is 0 Å². The lowest BCUT2D eigenvalue weighted by Crippen LogP contribution is -2.44. The topological polar surface area (TPSA) is 142 Å². The van der Waals surface area contributed by atoms with Gasteiger partial charge in [-0.05, 0) is 54.7 Å². The molecule has 0 unspecified atom stereocenters. The van der Waals surface area contributed by atoms with E-state index in [1.54, 1.807) is 36.4 Å². The number of nitrogens with one attached hydrogen (secondary N) is 3. The van der Waals surface area contributed by atoms with Gasteiger partial charge in [-0.2, -0.15) is 0 Å². The van der Waals surface area contributed by atoms with Gasteiger partial charge < -0.3 is 31.0 Å². The molecular weight excluding hydrogens is 484 g/mol. The number of nitrogen functional groups attached to an aromatic ring is 1. The molecule has 1 aliphatic rings. The molecule has 38 heavy (non-hydrogen) atoms. The zero-order valence-corrected chi connectivity index (χ0v) is 22.4. The van der Waals surface area contributed by atoms with Crippen LogP contribution in [0.15, 0.2) is 36.4 Å². The Kier molecular flexibility index (Phi) is 7.89. The summed E-state index contributed by atoms with van der Waals surface area (Å²) in [7, 11) is 1.31. The van der Waals surface area contributed by atoms with Gasteiger partial charge in [0.1, 0.15) is 6.04 Å². The number of anilines is 3. The SMILES string of the molecule is COC(=O)c1cc(C(=O)NCC(C)(C)C)ccc1N1CCCCC[C@@H]1C(=O)Nc1ccc2nc(N)[nH]c2c1. The number of aromatic amines is 1. The van der Waals surface area contributed by atoms with Crippen molar-refractivity contribution in [2.45, 2.75) is 52.5 Å². The van der Waals surface area contributed by atoms with Crippen LogP contribution in [0.1, 0.15) is 67.2 Å². The van der Waals surface area contributed by atoms with Gasteiger partial charge in [0.25, 0.3) is 5.91 Å². The molecule has 2 aromatic carbocycles. The Morgan fingerprint density at radius 2 is 1.92 bits per heavy atom.